The summed E-state index contributed by atoms with van der Waals surface area (Å²) >= 11 is 0. The zero-order valence-electron chi connectivity index (χ0n) is 16.3. The second kappa shape index (κ2) is 18.4. The number of nitrogens with one attached hydrogen (secondary N) is 1. The van der Waals surface area contributed by atoms with Gasteiger partial charge in [-0.05, 0) is 38.6 Å². The van der Waals surface area contributed by atoms with E-state index in [4.69, 9.17) is 4.55 Å². The Hall–Kier alpha value is -0.390. The quantitative estimate of drug-likeness (QED) is 0.178. The van der Waals surface area contributed by atoms with Crippen molar-refractivity contribution in [2.75, 3.05) is 18.8 Å². The van der Waals surface area contributed by atoms with Gasteiger partial charge in [-0.1, -0.05) is 76.9 Å². The molecule has 150 valence electrons. The molecule has 0 rings (SSSR count). The number of hydrogen-bond donors (Lipinski definition) is 2. The molecular weight excluding hydrogens is 334 g/mol. The molecule has 0 aliphatic heterocycles. The van der Waals surface area contributed by atoms with Crippen LogP contribution in [0.4, 0.5) is 0 Å². The van der Waals surface area contributed by atoms with Crippen molar-refractivity contribution in [3.8, 4) is 0 Å². The van der Waals surface area contributed by atoms with Crippen LogP contribution in [-0.4, -0.2) is 31.8 Å². The van der Waals surface area contributed by atoms with Crippen molar-refractivity contribution in [1.82, 2.24) is 5.32 Å². The fourth-order valence-electron chi connectivity index (χ4n) is 2.82. The van der Waals surface area contributed by atoms with Crippen molar-refractivity contribution in [1.29, 1.82) is 0 Å². The zero-order chi connectivity index (χ0) is 18.6. The second-order valence-corrected chi connectivity index (χ2v) is 8.55. The Bertz CT molecular complexity index is 394. The number of hydrogen-bond acceptors (Lipinski definition) is 3. The van der Waals surface area contributed by atoms with Gasteiger partial charge in [0, 0.05) is 6.54 Å². The summed E-state index contributed by atoms with van der Waals surface area (Å²) in [5.74, 6) is -0.195. The summed E-state index contributed by atoms with van der Waals surface area (Å²) in [4.78, 5) is 0. The molecule has 0 bridgehead atoms. The number of unbranched alkanes of at least 4 members (excludes halogenated alkanes) is 12. The van der Waals surface area contributed by atoms with Gasteiger partial charge in [-0.15, -0.1) is 0 Å². The monoisotopic (exact) mass is 375 g/mol. The van der Waals surface area contributed by atoms with E-state index >= 15 is 0 Å². The Kier molecular flexibility index (Phi) is 18.1. The van der Waals surface area contributed by atoms with E-state index in [1.807, 2.05) is 0 Å². The highest BCUT2D eigenvalue weighted by Gasteiger charge is 2.02. The Morgan fingerprint density at radius 2 is 1.20 bits per heavy atom. The first-order chi connectivity index (χ1) is 12.1. The maximum absolute atomic E-state index is 10.5. The molecule has 0 saturated heterocycles. The molecule has 0 amide bonds. The molecule has 0 aliphatic carbocycles. The third-order valence-electron chi connectivity index (χ3n) is 4.40. The summed E-state index contributed by atoms with van der Waals surface area (Å²) < 4.78 is 29.6. The summed E-state index contributed by atoms with van der Waals surface area (Å²) in [5, 5.41) is 3.04. The second-order valence-electron chi connectivity index (χ2n) is 6.97. The minimum absolute atomic E-state index is 0.195. The average Bonchev–Trinajstić information content (AvgIpc) is 2.56. The third-order valence-corrected chi connectivity index (χ3v) is 5.12. The summed E-state index contributed by atoms with van der Waals surface area (Å²) in [6.45, 7) is 3.43. The first kappa shape index (κ1) is 24.6. The van der Waals surface area contributed by atoms with E-state index in [9.17, 15) is 8.42 Å². The molecule has 0 radical (unpaired) electrons. The topological polar surface area (TPSA) is 66.4 Å². The predicted octanol–water partition coefficient (Wildman–Crippen LogP) is 5.50. The van der Waals surface area contributed by atoms with Gasteiger partial charge >= 0.3 is 0 Å². The Balaban J connectivity index is 3.12. The molecule has 0 aliphatic rings. The molecule has 2 N–H and O–H groups in total. The average molecular weight is 376 g/mol. The van der Waals surface area contributed by atoms with Gasteiger partial charge in [0.2, 0.25) is 0 Å². The largest absolute Gasteiger partial charge is 0.316 e. The van der Waals surface area contributed by atoms with Crippen LogP contribution in [0.5, 0.6) is 0 Å². The van der Waals surface area contributed by atoms with Crippen LogP contribution < -0.4 is 5.32 Å². The van der Waals surface area contributed by atoms with E-state index in [-0.39, 0.29) is 5.75 Å². The fourth-order valence-corrected chi connectivity index (χ4v) is 3.23. The van der Waals surface area contributed by atoms with Crippen LogP contribution in [-0.2, 0) is 10.1 Å². The highest BCUT2D eigenvalue weighted by Crippen LogP contribution is 2.09. The van der Waals surface area contributed by atoms with Crippen molar-refractivity contribution in [3.63, 3.8) is 0 Å². The smallest absolute Gasteiger partial charge is 0.266 e. The highest BCUT2D eigenvalue weighted by atomic mass is 32.2. The van der Waals surface area contributed by atoms with E-state index in [2.05, 4.69) is 24.4 Å². The lowest BCUT2D eigenvalue weighted by Gasteiger charge is -2.03. The van der Waals surface area contributed by atoms with Gasteiger partial charge in [0.1, 0.15) is 0 Å². The van der Waals surface area contributed by atoms with Gasteiger partial charge in [-0.2, -0.15) is 8.42 Å². The zero-order valence-corrected chi connectivity index (χ0v) is 17.2. The molecule has 0 saturated carbocycles. The van der Waals surface area contributed by atoms with Gasteiger partial charge in [-0.3, -0.25) is 4.55 Å². The maximum Gasteiger partial charge on any atom is 0.266 e. The fraction of sp³-hybridized carbons (Fsp3) is 0.900. The minimum Gasteiger partial charge on any atom is -0.316 e. The lowest BCUT2D eigenvalue weighted by atomic mass is 10.1. The Labute approximate surface area is 156 Å². The molecular formula is C20H41NO3S. The van der Waals surface area contributed by atoms with E-state index in [0.717, 1.165) is 13.0 Å². The molecule has 0 aromatic heterocycles. The van der Waals surface area contributed by atoms with Crippen molar-refractivity contribution < 1.29 is 13.0 Å². The van der Waals surface area contributed by atoms with Gasteiger partial charge in [-0.25, -0.2) is 0 Å². The normalized spacial score (nSPS) is 12.2. The van der Waals surface area contributed by atoms with Crippen molar-refractivity contribution in [3.05, 3.63) is 12.2 Å². The van der Waals surface area contributed by atoms with Gasteiger partial charge < -0.3 is 5.32 Å². The number of allylic oxidation sites excluding steroid dienone is 2. The van der Waals surface area contributed by atoms with E-state index in [1.165, 1.54) is 83.5 Å². The molecule has 0 aromatic rings. The highest BCUT2D eigenvalue weighted by molar-refractivity contribution is 7.85. The van der Waals surface area contributed by atoms with Crippen LogP contribution in [0.2, 0.25) is 0 Å². The van der Waals surface area contributed by atoms with Gasteiger partial charge in [0.25, 0.3) is 10.1 Å². The van der Waals surface area contributed by atoms with Crippen LogP contribution in [0.15, 0.2) is 12.2 Å². The van der Waals surface area contributed by atoms with Crippen LogP contribution in [0.3, 0.4) is 0 Å². The van der Waals surface area contributed by atoms with Crippen LogP contribution in [0.1, 0.15) is 96.8 Å². The van der Waals surface area contributed by atoms with Crippen LogP contribution in [0.25, 0.3) is 0 Å². The predicted molar refractivity (Wildman–Crippen MR) is 109 cm³/mol. The lowest BCUT2D eigenvalue weighted by molar-refractivity contribution is 0.479. The van der Waals surface area contributed by atoms with E-state index < -0.39 is 10.1 Å². The molecule has 25 heavy (non-hydrogen) atoms. The molecule has 5 heteroatoms. The first-order valence-corrected chi connectivity index (χ1v) is 12.0. The molecule has 0 spiro atoms. The minimum atomic E-state index is -3.82. The van der Waals surface area contributed by atoms with Crippen LogP contribution >= 0.6 is 0 Å². The van der Waals surface area contributed by atoms with Gasteiger partial charge in [0.05, 0.1) is 5.75 Å². The standard InChI is InChI=1S/C20H41NO3S/c1-2-3-4-5-6-7-8-9-10-11-12-13-14-15-16-17-18-21-19-20-25(22,23)24/h9-10,21H,2-8,11-20H2,1H3,(H,22,23,24)/b10-9-. The molecule has 0 unspecified atom stereocenters. The summed E-state index contributed by atoms with van der Waals surface area (Å²) in [6, 6.07) is 0. The summed E-state index contributed by atoms with van der Waals surface area (Å²) in [5.41, 5.74) is 0. The van der Waals surface area contributed by atoms with Crippen LogP contribution in [0, 0.1) is 0 Å². The molecule has 0 fully saturated rings. The van der Waals surface area contributed by atoms with Crippen molar-refractivity contribution in [2.45, 2.75) is 96.8 Å². The van der Waals surface area contributed by atoms with E-state index in [0.29, 0.717) is 6.54 Å². The molecule has 4 nitrogen and oxygen atoms in total. The third kappa shape index (κ3) is 23.6. The Morgan fingerprint density at radius 1 is 0.720 bits per heavy atom. The van der Waals surface area contributed by atoms with Crippen molar-refractivity contribution >= 4 is 10.1 Å². The number of rotatable bonds is 19. The van der Waals surface area contributed by atoms with Gasteiger partial charge in [0.15, 0.2) is 0 Å². The van der Waals surface area contributed by atoms with Crippen molar-refractivity contribution in [2.24, 2.45) is 0 Å². The molecule has 0 aromatic carbocycles. The molecule has 0 atom stereocenters. The summed E-state index contributed by atoms with van der Waals surface area (Å²) in [7, 11) is -3.82. The Morgan fingerprint density at radius 3 is 1.72 bits per heavy atom. The SMILES string of the molecule is CCCCCCCC/C=C\CCCCCCCCNCCS(=O)(=O)O. The summed E-state index contributed by atoms with van der Waals surface area (Å²) in [6.07, 6.45) is 22.8. The first-order valence-electron chi connectivity index (χ1n) is 10.4. The maximum atomic E-state index is 10.5. The molecule has 0 heterocycles. The lowest BCUT2D eigenvalue weighted by Crippen LogP contribution is -2.23. The van der Waals surface area contributed by atoms with E-state index in [1.54, 1.807) is 0 Å².